The van der Waals surface area contributed by atoms with Crippen LogP contribution in [0.4, 0.5) is 5.82 Å². The summed E-state index contributed by atoms with van der Waals surface area (Å²) in [7, 11) is 5.73. The molecule has 4 heterocycles. The molecule has 0 unspecified atom stereocenters. The molecule has 9 heteroatoms. The molecule has 0 spiro atoms. The van der Waals surface area contributed by atoms with Gasteiger partial charge in [0.2, 0.25) is 0 Å². The summed E-state index contributed by atoms with van der Waals surface area (Å²) in [5.41, 5.74) is 2.24. The molecule has 1 aliphatic rings. The van der Waals surface area contributed by atoms with Crippen molar-refractivity contribution in [2.45, 2.75) is 25.7 Å². The quantitative estimate of drug-likeness (QED) is 0.692. The minimum atomic E-state index is 0.0377. The molecule has 0 aliphatic carbocycles. The van der Waals surface area contributed by atoms with E-state index in [9.17, 15) is 4.79 Å². The van der Waals surface area contributed by atoms with E-state index in [1.54, 1.807) is 4.68 Å². The molecule has 0 atom stereocenters. The molecule has 4 rings (SSSR count). The second kappa shape index (κ2) is 6.64. The molecule has 0 bridgehead atoms. The van der Waals surface area contributed by atoms with Crippen molar-refractivity contribution in [3.05, 3.63) is 35.4 Å². The molecule has 1 saturated heterocycles. The van der Waals surface area contributed by atoms with Gasteiger partial charge in [0.15, 0.2) is 11.5 Å². The van der Waals surface area contributed by atoms with Crippen molar-refractivity contribution in [2.75, 3.05) is 32.1 Å². The van der Waals surface area contributed by atoms with E-state index in [0.29, 0.717) is 18.8 Å². The lowest BCUT2D eigenvalue weighted by molar-refractivity contribution is 0.0699. The number of hydrogen-bond donors (Lipinski definition) is 0. The van der Waals surface area contributed by atoms with Crippen LogP contribution in [0.15, 0.2) is 18.2 Å². The van der Waals surface area contributed by atoms with E-state index in [0.717, 1.165) is 35.8 Å². The second-order valence-corrected chi connectivity index (χ2v) is 7.28. The average Bonchev–Trinajstić information content (AvgIpc) is 3.23. The van der Waals surface area contributed by atoms with Crippen LogP contribution in [-0.2, 0) is 7.05 Å². The highest BCUT2D eigenvalue weighted by molar-refractivity contribution is 5.92. The second-order valence-electron chi connectivity index (χ2n) is 7.28. The van der Waals surface area contributed by atoms with Crippen LogP contribution in [0, 0.1) is 6.92 Å². The lowest BCUT2D eigenvalue weighted by Gasteiger charge is -2.31. The van der Waals surface area contributed by atoms with Gasteiger partial charge < -0.3 is 9.80 Å². The number of aromatic nitrogens is 6. The van der Waals surface area contributed by atoms with Gasteiger partial charge in [0.25, 0.3) is 5.91 Å². The Morgan fingerprint density at radius 3 is 2.52 bits per heavy atom. The topological polar surface area (TPSA) is 84.5 Å². The summed E-state index contributed by atoms with van der Waals surface area (Å²) in [5, 5.41) is 17.6. The van der Waals surface area contributed by atoms with Gasteiger partial charge in [-0.05, 0) is 38.0 Å². The van der Waals surface area contributed by atoms with Gasteiger partial charge in [-0.15, -0.1) is 15.3 Å². The van der Waals surface area contributed by atoms with E-state index >= 15 is 0 Å². The molecule has 3 aromatic heterocycles. The number of piperidine rings is 1. The predicted molar refractivity (Wildman–Crippen MR) is 101 cm³/mol. The van der Waals surface area contributed by atoms with Crippen LogP contribution in [-0.4, -0.2) is 67.6 Å². The summed E-state index contributed by atoms with van der Waals surface area (Å²) in [4.78, 5) is 16.6. The van der Waals surface area contributed by atoms with Gasteiger partial charge in [0, 0.05) is 40.2 Å². The van der Waals surface area contributed by atoms with Crippen molar-refractivity contribution >= 4 is 17.4 Å². The molecule has 3 aromatic rings. The molecule has 0 aromatic carbocycles. The Morgan fingerprint density at radius 1 is 1.15 bits per heavy atom. The molecule has 1 fully saturated rings. The number of aryl methyl sites for hydroxylation is 2. The number of carbonyl (C=O) groups is 1. The maximum absolute atomic E-state index is 12.8. The number of carbonyl (C=O) groups excluding carboxylic acids is 1. The zero-order chi connectivity index (χ0) is 19.1. The van der Waals surface area contributed by atoms with Gasteiger partial charge >= 0.3 is 0 Å². The first-order chi connectivity index (χ1) is 12.9. The van der Waals surface area contributed by atoms with Crippen molar-refractivity contribution in [1.29, 1.82) is 0 Å². The summed E-state index contributed by atoms with van der Waals surface area (Å²) in [5.74, 6) is 2.01. The minimum absolute atomic E-state index is 0.0377. The fourth-order valence-electron chi connectivity index (χ4n) is 3.60. The van der Waals surface area contributed by atoms with Crippen molar-refractivity contribution in [3.8, 4) is 0 Å². The number of nitrogens with zero attached hydrogens (tertiary/aromatic N) is 8. The first-order valence-electron chi connectivity index (χ1n) is 9.13. The van der Waals surface area contributed by atoms with Gasteiger partial charge in [0.1, 0.15) is 11.5 Å². The summed E-state index contributed by atoms with van der Waals surface area (Å²) < 4.78 is 3.49. The summed E-state index contributed by atoms with van der Waals surface area (Å²) in [6, 6.07) is 5.71. The van der Waals surface area contributed by atoms with E-state index in [4.69, 9.17) is 0 Å². The van der Waals surface area contributed by atoms with Crippen LogP contribution < -0.4 is 4.90 Å². The smallest absolute Gasteiger partial charge is 0.272 e. The fraction of sp³-hybridized carbons (Fsp3) is 0.500. The Bertz CT molecular complexity index is 981. The Labute approximate surface area is 157 Å². The Kier molecular flexibility index (Phi) is 4.29. The molecule has 142 valence electrons. The van der Waals surface area contributed by atoms with E-state index < -0.39 is 0 Å². The zero-order valence-corrected chi connectivity index (χ0v) is 16.1. The van der Waals surface area contributed by atoms with E-state index in [-0.39, 0.29) is 11.8 Å². The number of hydrogen-bond acceptors (Lipinski definition) is 6. The largest absolute Gasteiger partial charge is 0.361 e. The Morgan fingerprint density at radius 2 is 1.89 bits per heavy atom. The normalized spacial score (nSPS) is 15.5. The van der Waals surface area contributed by atoms with Crippen LogP contribution in [0.3, 0.4) is 0 Å². The SMILES string of the molecule is Cc1cc(C(=O)N2CCC(c3nnc4ccc(N(C)C)nn34)CC2)n(C)n1. The molecule has 27 heavy (non-hydrogen) atoms. The van der Waals surface area contributed by atoms with Crippen LogP contribution >= 0.6 is 0 Å². The molecular weight excluding hydrogens is 344 g/mol. The number of rotatable bonds is 3. The third kappa shape index (κ3) is 3.13. The maximum Gasteiger partial charge on any atom is 0.272 e. The molecule has 1 amide bonds. The zero-order valence-electron chi connectivity index (χ0n) is 16.1. The number of fused-ring (bicyclic) bond motifs is 1. The molecule has 0 saturated carbocycles. The monoisotopic (exact) mass is 368 g/mol. The van der Waals surface area contributed by atoms with E-state index in [2.05, 4.69) is 20.4 Å². The highest BCUT2D eigenvalue weighted by atomic mass is 16.2. The Balaban J connectivity index is 1.51. The fourth-order valence-corrected chi connectivity index (χ4v) is 3.60. The first kappa shape index (κ1) is 17.4. The predicted octanol–water partition coefficient (Wildman–Crippen LogP) is 1.25. The van der Waals surface area contributed by atoms with Crippen molar-refractivity contribution < 1.29 is 4.79 Å². The number of amides is 1. The minimum Gasteiger partial charge on any atom is -0.361 e. The third-order valence-electron chi connectivity index (χ3n) is 5.10. The summed E-state index contributed by atoms with van der Waals surface area (Å²) in [6.07, 6.45) is 1.69. The van der Waals surface area contributed by atoms with Gasteiger partial charge in [-0.1, -0.05) is 0 Å². The Hall–Kier alpha value is -2.97. The van der Waals surface area contributed by atoms with Crippen LogP contribution in [0.5, 0.6) is 0 Å². The lowest BCUT2D eigenvalue weighted by Crippen LogP contribution is -2.39. The molecule has 0 N–H and O–H groups in total. The number of likely N-dealkylation sites (tertiary alicyclic amines) is 1. The van der Waals surface area contributed by atoms with Crippen molar-refractivity contribution in [3.63, 3.8) is 0 Å². The molecule has 1 aliphatic heterocycles. The molecule has 0 radical (unpaired) electrons. The van der Waals surface area contributed by atoms with Crippen LogP contribution in [0.25, 0.3) is 5.65 Å². The van der Waals surface area contributed by atoms with E-state index in [1.807, 2.05) is 60.6 Å². The van der Waals surface area contributed by atoms with Crippen molar-refractivity contribution in [2.24, 2.45) is 7.05 Å². The van der Waals surface area contributed by atoms with Gasteiger partial charge in [-0.3, -0.25) is 9.48 Å². The van der Waals surface area contributed by atoms with Crippen LogP contribution in [0.2, 0.25) is 0 Å². The van der Waals surface area contributed by atoms with Crippen molar-refractivity contribution in [1.82, 2.24) is 34.5 Å². The first-order valence-corrected chi connectivity index (χ1v) is 9.13. The standard InChI is InChI=1S/C18H24N8O/c1-12-11-14(24(4)21-12)18(27)25-9-7-13(8-10-25)17-20-19-15-5-6-16(23(2)3)22-26(15)17/h5-6,11,13H,7-10H2,1-4H3. The van der Waals surface area contributed by atoms with Gasteiger partial charge in [-0.25, -0.2) is 0 Å². The molecular formula is C18H24N8O. The highest BCUT2D eigenvalue weighted by Crippen LogP contribution is 2.28. The van der Waals surface area contributed by atoms with Gasteiger partial charge in [0.05, 0.1) is 5.69 Å². The number of anilines is 1. The van der Waals surface area contributed by atoms with E-state index in [1.165, 1.54) is 0 Å². The summed E-state index contributed by atoms with van der Waals surface area (Å²) in [6.45, 7) is 3.28. The van der Waals surface area contributed by atoms with Crippen LogP contribution in [0.1, 0.15) is 40.8 Å². The third-order valence-corrected chi connectivity index (χ3v) is 5.10. The van der Waals surface area contributed by atoms with Gasteiger partial charge in [-0.2, -0.15) is 9.61 Å². The lowest BCUT2D eigenvalue weighted by atomic mass is 9.96. The highest BCUT2D eigenvalue weighted by Gasteiger charge is 2.29. The maximum atomic E-state index is 12.8. The molecule has 9 nitrogen and oxygen atoms in total. The average molecular weight is 368 g/mol. The summed E-state index contributed by atoms with van der Waals surface area (Å²) >= 11 is 0.